The first-order chi connectivity index (χ1) is 8.74. The van der Waals surface area contributed by atoms with Gasteiger partial charge < -0.3 is 4.90 Å². The molecule has 0 aliphatic heterocycles. The van der Waals surface area contributed by atoms with Crippen LogP contribution in [0.1, 0.15) is 18.2 Å². The highest BCUT2D eigenvalue weighted by Crippen LogP contribution is 2.21. The van der Waals surface area contributed by atoms with Crippen LogP contribution in [0, 0.1) is 0 Å². The number of rotatable bonds is 4. The van der Waals surface area contributed by atoms with Crippen LogP contribution in [0.2, 0.25) is 0 Å². The number of hydrogen-bond acceptors (Lipinski definition) is 3. The monoisotopic (exact) mass is 261 g/mol. The summed E-state index contributed by atoms with van der Waals surface area (Å²) in [4.78, 5) is 10.6. The first-order valence-electron chi connectivity index (χ1n) is 5.94. The van der Waals surface area contributed by atoms with Crippen LogP contribution in [0.25, 0.3) is 0 Å². The van der Waals surface area contributed by atoms with Crippen molar-refractivity contribution in [2.24, 2.45) is 0 Å². The van der Waals surface area contributed by atoms with Gasteiger partial charge in [0.15, 0.2) is 5.82 Å². The topological polar surface area (TPSA) is 29.0 Å². The molecule has 2 rings (SSSR count). The summed E-state index contributed by atoms with van der Waals surface area (Å²) in [6.07, 6.45) is 4.47. The lowest BCUT2D eigenvalue weighted by Gasteiger charge is -2.18. The number of nitrogens with zero attached hydrogens (tertiary/aromatic N) is 3. The van der Waals surface area contributed by atoms with E-state index in [0.29, 0.717) is 5.88 Å². The molecule has 0 N–H and O–H groups in total. The quantitative estimate of drug-likeness (QED) is 0.789. The third kappa shape index (κ3) is 2.79. The molecule has 2 aromatic rings. The van der Waals surface area contributed by atoms with E-state index in [-0.39, 0.29) is 0 Å². The number of hydrogen-bond donors (Lipinski definition) is 0. The second-order valence-corrected chi connectivity index (χ2v) is 4.35. The maximum Gasteiger partial charge on any atom is 0.151 e. The first-order valence-corrected chi connectivity index (χ1v) is 6.47. The van der Waals surface area contributed by atoms with Crippen molar-refractivity contribution in [1.29, 1.82) is 0 Å². The fourth-order valence-corrected chi connectivity index (χ4v) is 1.84. The van der Waals surface area contributed by atoms with E-state index in [4.69, 9.17) is 11.6 Å². The number of anilines is 2. The van der Waals surface area contributed by atoms with Crippen molar-refractivity contribution in [3.8, 4) is 0 Å². The molecule has 1 aromatic heterocycles. The number of halogens is 1. The summed E-state index contributed by atoms with van der Waals surface area (Å²) >= 11 is 5.77. The molecule has 0 amide bonds. The average molecular weight is 262 g/mol. The molecule has 0 aliphatic rings. The molecule has 0 saturated heterocycles. The van der Waals surface area contributed by atoms with Crippen molar-refractivity contribution in [1.82, 2.24) is 9.97 Å². The Morgan fingerprint density at radius 1 is 1.17 bits per heavy atom. The molecule has 0 saturated carbocycles. The minimum Gasteiger partial charge on any atom is -0.328 e. The van der Waals surface area contributed by atoms with Gasteiger partial charge in [-0.25, -0.2) is 4.98 Å². The molecular formula is C14H16ClN3. The van der Waals surface area contributed by atoms with Gasteiger partial charge in [-0.1, -0.05) is 19.1 Å². The predicted molar refractivity (Wildman–Crippen MR) is 75.5 cm³/mol. The van der Waals surface area contributed by atoms with Crippen LogP contribution in [-0.2, 0) is 12.3 Å². The Morgan fingerprint density at radius 2 is 1.89 bits per heavy atom. The van der Waals surface area contributed by atoms with Crippen LogP contribution >= 0.6 is 11.6 Å². The van der Waals surface area contributed by atoms with Gasteiger partial charge in [0.25, 0.3) is 0 Å². The van der Waals surface area contributed by atoms with Crippen molar-refractivity contribution in [3.63, 3.8) is 0 Å². The molecule has 0 unspecified atom stereocenters. The standard InChI is InChI=1S/C14H16ClN3/c1-3-11-4-6-13(7-5-11)18(2)14-10-16-9-12(8-15)17-14/h4-7,9-10H,3,8H2,1-2H3. The molecule has 0 fully saturated rings. The molecule has 4 heteroatoms. The van der Waals surface area contributed by atoms with E-state index >= 15 is 0 Å². The highest BCUT2D eigenvalue weighted by molar-refractivity contribution is 6.16. The third-order valence-electron chi connectivity index (χ3n) is 2.88. The Hall–Kier alpha value is -1.61. The highest BCUT2D eigenvalue weighted by Gasteiger charge is 2.06. The second kappa shape index (κ2) is 5.83. The predicted octanol–water partition coefficient (Wildman–Crippen LogP) is 3.55. The van der Waals surface area contributed by atoms with Crippen LogP contribution in [0.5, 0.6) is 0 Å². The largest absolute Gasteiger partial charge is 0.328 e. The van der Waals surface area contributed by atoms with Gasteiger partial charge in [0.05, 0.1) is 17.8 Å². The third-order valence-corrected chi connectivity index (χ3v) is 3.16. The Morgan fingerprint density at radius 3 is 2.50 bits per heavy atom. The lowest BCUT2D eigenvalue weighted by molar-refractivity contribution is 1.03. The van der Waals surface area contributed by atoms with Crippen LogP contribution in [-0.4, -0.2) is 17.0 Å². The van der Waals surface area contributed by atoms with E-state index in [9.17, 15) is 0 Å². The Kier molecular flexibility index (Phi) is 4.15. The Bertz CT molecular complexity index is 511. The summed E-state index contributed by atoms with van der Waals surface area (Å²) < 4.78 is 0. The maximum absolute atomic E-state index is 5.77. The molecule has 94 valence electrons. The van der Waals surface area contributed by atoms with Gasteiger partial charge in [-0.2, -0.15) is 0 Å². The molecular weight excluding hydrogens is 246 g/mol. The molecule has 0 atom stereocenters. The molecule has 3 nitrogen and oxygen atoms in total. The van der Waals surface area contributed by atoms with Crippen molar-refractivity contribution >= 4 is 23.1 Å². The highest BCUT2D eigenvalue weighted by atomic mass is 35.5. The van der Waals surface area contributed by atoms with E-state index in [0.717, 1.165) is 23.6 Å². The van der Waals surface area contributed by atoms with E-state index in [1.807, 2.05) is 11.9 Å². The van der Waals surface area contributed by atoms with Gasteiger partial charge in [0, 0.05) is 18.9 Å². The van der Waals surface area contributed by atoms with Crippen molar-refractivity contribution in [2.75, 3.05) is 11.9 Å². The van der Waals surface area contributed by atoms with Gasteiger partial charge in [0.1, 0.15) is 0 Å². The zero-order valence-electron chi connectivity index (χ0n) is 10.6. The number of aromatic nitrogens is 2. The lowest BCUT2D eigenvalue weighted by atomic mass is 10.1. The van der Waals surface area contributed by atoms with Crippen molar-refractivity contribution < 1.29 is 0 Å². The van der Waals surface area contributed by atoms with Crippen LogP contribution in [0.15, 0.2) is 36.7 Å². The summed E-state index contributed by atoms with van der Waals surface area (Å²) in [5.41, 5.74) is 3.20. The van der Waals surface area contributed by atoms with Crippen molar-refractivity contribution in [3.05, 3.63) is 47.9 Å². The van der Waals surface area contributed by atoms with E-state index in [1.54, 1.807) is 12.4 Å². The number of alkyl halides is 1. The minimum absolute atomic E-state index is 0.378. The zero-order chi connectivity index (χ0) is 13.0. The average Bonchev–Trinajstić information content (AvgIpc) is 2.46. The fourth-order valence-electron chi connectivity index (χ4n) is 1.71. The van der Waals surface area contributed by atoms with E-state index in [2.05, 4.69) is 41.2 Å². The molecule has 1 aromatic carbocycles. The van der Waals surface area contributed by atoms with Crippen LogP contribution < -0.4 is 4.90 Å². The zero-order valence-corrected chi connectivity index (χ0v) is 11.4. The number of aryl methyl sites for hydroxylation is 1. The summed E-state index contributed by atoms with van der Waals surface area (Å²) in [7, 11) is 1.98. The number of benzene rings is 1. The van der Waals surface area contributed by atoms with E-state index < -0.39 is 0 Å². The van der Waals surface area contributed by atoms with E-state index in [1.165, 1.54) is 5.56 Å². The second-order valence-electron chi connectivity index (χ2n) is 4.08. The lowest BCUT2D eigenvalue weighted by Crippen LogP contribution is -2.12. The molecule has 0 bridgehead atoms. The minimum atomic E-state index is 0.378. The smallest absolute Gasteiger partial charge is 0.151 e. The summed E-state index contributed by atoms with van der Waals surface area (Å²) in [5.74, 6) is 1.18. The normalized spacial score (nSPS) is 10.4. The molecule has 0 aliphatic carbocycles. The van der Waals surface area contributed by atoms with Gasteiger partial charge in [-0.15, -0.1) is 11.6 Å². The SMILES string of the molecule is CCc1ccc(N(C)c2cncc(CCl)n2)cc1. The fraction of sp³-hybridized carbons (Fsp3) is 0.286. The molecule has 0 spiro atoms. The summed E-state index contributed by atoms with van der Waals surface area (Å²) in [6, 6.07) is 8.44. The molecule has 1 heterocycles. The van der Waals surface area contributed by atoms with Crippen LogP contribution in [0.3, 0.4) is 0 Å². The maximum atomic E-state index is 5.77. The Labute approximate surface area is 112 Å². The van der Waals surface area contributed by atoms with Crippen LogP contribution in [0.4, 0.5) is 11.5 Å². The van der Waals surface area contributed by atoms with Gasteiger partial charge in [0.2, 0.25) is 0 Å². The Balaban J connectivity index is 2.25. The summed E-state index contributed by atoms with van der Waals surface area (Å²) in [5, 5.41) is 0. The summed E-state index contributed by atoms with van der Waals surface area (Å²) in [6.45, 7) is 2.15. The molecule has 18 heavy (non-hydrogen) atoms. The van der Waals surface area contributed by atoms with Gasteiger partial charge >= 0.3 is 0 Å². The molecule has 0 radical (unpaired) electrons. The van der Waals surface area contributed by atoms with Gasteiger partial charge in [-0.05, 0) is 24.1 Å². The van der Waals surface area contributed by atoms with Gasteiger partial charge in [-0.3, -0.25) is 4.98 Å². The first kappa shape index (κ1) is 12.8. The van der Waals surface area contributed by atoms with Crippen molar-refractivity contribution in [2.45, 2.75) is 19.2 Å².